The van der Waals surface area contributed by atoms with Crippen LogP contribution in [0, 0.1) is 0 Å². The van der Waals surface area contributed by atoms with E-state index in [0.29, 0.717) is 15.8 Å². The van der Waals surface area contributed by atoms with Crippen LogP contribution in [-0.4, -0.2) is 16.1 Å². The number of furan rings is 1. The first-order chi connectivity index (χ1) is 10.6. The maximum absolute atomic E-state index is 12.0. The average Bonchev–Trinajstić information content (AvgIpc) is 3.18. The van der Waals surface area contributed by atoms with E-state index in [1.54, 1.807) is 30.3 Å². The fourth-order valence-corrected chi connectivity index (χ4v) is 2.04. The molecule has 0 aliphatic heterocycles. The summed E-state index contributed by atoms with van der Waals surface area (Å²) >= 11 is 11.7. The Bertz CT molecular complexity index is 800. The van der Waals surface area contributed by atoms with Gasteiger partial charge in [-0.15, -0.1) is 10.2 Å². The molecule has 0 unspecified atom stereocenters. The third kappa shape index (κ3) is 3.13. The van der Waals surface area contributed by atoms with E-state index >= 15 is 0 Å². The molecule has 3 rings (SSSR count). The van der Waals surface area contributed by atoms with Crippen LogP contribution in [0.3, 0.4) is 0 Å². The molecule has 22 heavy (non-hydrogen) atoms. The van der Waals surface area contributed by atoms with Crippen molar-refractivity contribution in [1.29, 1.82) is 0 Å². The number of carbonyl (C=O) groups is 1. The predicted molar refractivity (Wildman–Crippen MR) is 79.6 cm³/mol. The second-order valence-electron chi connectivity index (χ2n) is 4.32. The van der Waals surface area contributed by atoms with Crippen LogP contribution in [0.15, 0.2) is 45.4 Å². The summed E-state index contributed by atoms with van der Waals surface area (Å²) < 4.78 is 10.4. The van der Waals surface area contributed by atoms with Gasteiger partial charge in [-0.3, -0.25) is 4.79 Å². The number of carbonyl (C=O) groups excluding carboxylic acids is 1. The smallest absolute Gasteiger partial charge is 0.309 e. The van der Waals surface area contributed by atoms with Crippen molar-refractivity contribution in [2.24, 2.45) is 0 Å². The maximum Gasteiger partial charge on any atom is 0.309 e. The van der Waals surface area contributed by atoms with Gasteiger partial charge in [-0.25, -0.2) is 0 Å². The van der Waals surface area contributed by atoms with Crippen molar-refractivity contribution in [1.82, 2.24) is 15.5 Å². The molecule has 1 N–H and O–H groups in total. The van der Waals surface area contributed by atoms with Gasteiger partial charge in [0.1, 0.15) is 0 Å². The first-order valence-corrected chi connectivity index (χ1v) is 6.98. The Morgan fingerprint density at radius 3 is 2.77 bits per heavy atom. The molecule has 6 nitrogen and oxygen atoms in total. The van der Waals surface area contributed by atoms with Gasteiger partial charge in [-0.2, -0.15) is 0 Å². The van der Waals surface area contributed by atoms with Gasteiger partial charge in [0, 0.05) is 6.54 Å². The highest BCUT2D eigenvalue weighted by Crippen LogP contribution is 2.22. The first-order valence-electron chi connectivity index (χ1n) is 6.23. The van der Waals surface area contributed by atoms with Gasteiger partial charge in [0.25, 0.3) is 5.89 Å². The molecule has 2 aromatic heterocycles. The Morgan fingerprint density at radius 2 is 2.05 bits per heavy atom. The van der Waals surface area contributed by atoms with E-state index in [0.717, 1.165) is 5.56 Å². The SMILES string of the molecule is O=C(NCc1ccc(Cl)c(Cl)c1)c1nnc(-c2ccco2)o1. The van der Waals surface area contributed by atoms with Gasteiger partial charge in [0.05, 0.1) is 16.3 Å². The Hall–Kier alpha value is -2.31. The van der Waals surface area contributed by atoms with E-state index in [-0.39, 0.29) is 18.3 Å². The molecule has 3 aromatic rings. The molecule has 112 valence electrons. The second-order valence-corrected chi connectivity index (χ2v) is 5.14. The monoisotopic (exact) mass is 337 g/mol. The molecule has 0 fully saturated rings. The fourth-order valence-electron chi connectivity index (χ4n) is 1.72. The van der Waals surface area contributed by atoms with E-state index in [2.05, 4.69) is 15.5 Å². The molecular weight excluding hydrogens is 329 g/mol. The van der Waals surface area contributed by atoms with Crippen molar-refractivity contribution in [3.05, 3.63) is 58.1 Å². The molecule has 0 atom stereocenters. The number of nitrogens with zero attached hydrogens (tertiary/aromatic N) is 2. The summed E-state index contributed by atoms with van der Waals surface area (Å²) in [6, 6.07) is 8.43. The zero-order valence-corrected chi connectivity index (χ0v) is 12.6. The lowest BCUT2D eigenvalue weighted by atomic mass is 10.2. The molecule has 0 radical (unpaired) electrons. The third-order valence-corrected chi connectivity index (χ3v) is 3.53. The van der Waals surface area contributed by atoms with Gasteiger partial charge in [0.15, 0.2) is 5.76 Å². The van der Waals surface area contributed by atoms with E-state index in [1.807, 2.05) is 0 Å². The third-order valence-electron chi connectivity index (χ3n) is 2.79. The van der Waals surface area contributed by atoms with Gasteiger partial charge in [-0.05, 0) is 29.8 Å². The molecule has 1 aromatic carbocycles. The normalized spacial score (nSPS) is 10.6. The van der Waals surface area contributed by atoms with Crippen molar-refractivity contribution in [3.8, 4) is 11.7 Å². The topological polar surface area (TPSA) is 81.2 Å². The highest BCUT2D eigenvalue weighted by atomic mass is 35.5. The molecule has 0 aliphatic carbocycles. The zero-order valence-electron chi connectivity index (χ0n) is 11.0. The largest absolute Gasteiger partial charge is 0.459 e. The number of benzene rings is 1. The number of rotatable bonds is 4. The number of aromatic nitrogens is 2. The molecule has 0 saturated carbocycles. The summed E-state index contributed by atoms with van der Waals surface area (Å²) in [4.78, 5) is 12.0. The lowest BCUT2D eigenvalue weighted by molar-refractivity contribution is 0.0916. The van der Waals surface area contributed by atoms with Crippen molar-refractivity contribution in [3.63, 3.8) is 0 Å². The first kappa shape index (κ1) is 14.6. The van der Waals surface area contributed by atoms with Crippen LogP contribution in [0.2, 0.25) is 10.0 Å². The van der Waals surface area contributed by atoms with Crippen LogP contribution >= 0.6 is 23.2 Å². The van der Waals surface area contributed by atoms with Gasteiger partial charge < -0.3 is 14.2 Å². The van der Waals surface area contributed by atoms with E-state index in [9.17, 15) is 4.79 Å². The number of halogens is 2. The lowest BCUT2D eigenvalue weighted by Crippen LogP contribution is -2.23. The molecular formula is C14H9Cl2N3O3. The van der Waals surface area contributed by atoms with Crippen molar-refractivity contribution in [2.75, 3.05) is 0 Å². The molecule has 0 bridgehead atoms. The zero-order chi connectivity index (χ0) is 15.5. The quantitative estimate of drug-likeness (QED) is 0.786. The molecule has 0 saturated heterocycles. The number of hydrogen-bond acceptors (Lipinski definition) is 5. The minimum absolute atomic E-state index is 0.143. The second kappa shape index (κ2) is 6.21. The number of nitrogens with one attached hydrogen (secondary N) is 1. The Labute approximate surface area is 135 Å². The minimum atomic E-state index is -0.489. The summed E-state index contributed by atoms with van der Waals surface area (Å²) in [7, 11) is 0. The molecule has 1 amide bonds. The summed E-state index contributed by atoms with van der Waals surface area (Å²) in [6.45, 7) is 0.258. The summed E-state index contributed by atoms with van der Waals surface area (Å²) in [5, 5.41) is 11.0. The highest BCUT2D eigenvalue weighted by Gasteiger charge is 2.17. The molecule has 2 heterocycles. The standard InChI is InChI=1S/C14H9Cl2N3O3/c15-9-4-3-8(6-10(9)16)7-17-12(20)14-19-18-13(22-14)11-2-1-5-21-11/h1-6H,7H2,(H,17,20). The van der Waals surface area contributed by atoms with Crippen molar-refractivity contribution >= 4 is 29.1 Å². The van der Waals surface area contributed by atoms with E-state index < -0.39 is 5.91 Å². The average molecular weight is 338 g/mol. The number of hydrogen-bond donors (Lipinski definition) is 1. The van der Waals surface area contributed by atoms with E-state index in [1.165, 1.54) is 6.26 Å². The van der Waals surface area contributed by atoms with E-state index in [4.69, 9.17) is 32.0 Å². The van der Waals surface area contributed by atoms with Crippen LogP contribution in [0.1, 0.15) is 16.2 Å². The molecule has 0 aliphatic rings. The van der Waals surface area contributed by atoms with Crippen LogP contribution in [0.25, 0.3) is 11.7 Å². The summed E-state index contributed by atoms with van der Waals surface area (Å²) in [5.74, 6) is -0.0939. The lowest BCUT2D eigenvalue weighted by Gasteiger charge is -2.04. The van der Waals surface area contributed by atoms with Gasteiger partial charge in [0.2, 0.25) is 0 Å². The predicted octanol–water partition coefficient (Wildman–Crippen LogP) is 3.57. The summed E-state index contributed by atoms with van der Waals surface area (Å²) in [6.07, 6.45) is 1.48. The summed E-state index contributed by atoms with van der Waals surface area (Å²) in [5.41, 5.74) is 0.800. The molecule has 0 spiro atoms. The van der Waals surface area contributed by atoms with Crippen LogP contribution in [0.4, 0.5) is 0 Å². The van der Waals surface area contributed by atoms with Gasteiger partial charge >= 0.3 is 11.8 Å². The minimum Gasteiger partial charge on any atom is -0.459 e. The Kier molecular flexibility index (Phi) is 4.13. The van der Waals surface area contributed by atoms with Crippen LogP contribution in [0.5, 0.6) is 0 Å². The van der Waals surface area contributed by atoms with Gasteiger partial charge in [-0.1, -0.05) is 29.3 Å². The Balaban J connectivity index is 1.66. The van der Waals surface area contributed by atoms with Crippen molar-refractivity contribution in [2.45, 2.75) is 6.54 Å². The van der Waals surface area contributed by atoms with Crippen molar-refractivity contribution < 1.29 is 13.6 Å². The van der Waals surface area contributed by atoms with Crippen LogP contribution < -0.4 is 5.32 Å². The fraction of sp³-hybridized carbons (Fsp3) is 0.0714. The highest BCUT2D eigenvalue weighted by molar-refractivity contribution is 6.42. The maximum atomic E-state index is 12.0. The molecule has 8 heteroatoms. The number of amides is 1. The Morgan fingerprint density at radius 1 is 1.18 bits per heavy atom. The van der Waals surface area contributed by atoms with Crippen LogP contribution in [-0.2, 0) is 6.54 Å².